The minimum absolute atomic E-state index is 0.0351. The number of para-hydroxylation sites is 3. The summed E-state index contributed by atoms with van der Waals surface area (Å²) in [5.74, 6) is 0.128. The van der Waals surface area contributed by atoms with Crippen molar-refractivity contribution in [3.05, 3.63) is 83.2 Å². The summed E-state index contributed by atoms with van der Waals surface area (Å²) < 4.78 is 6.93. The van der Waals surface area contributed by atoms with Crippen molar-refractivity contribution >= 4 is 45.9 Å². The number of ether oxygens (including phenoxy) is 1. The first kappa shape index (κ1) is 23.1. The number of rotatable bonds is 7. The van der Waals surface area contributed by atoms with Gasteiger partial charge < -0.3 is 15.4 Å². The van der Waals surface area contributed by atoms with E-state index in [4.69, 9.17) is 4.74 Å². The van der Waals surface area contributed by atoms with Crippen LogP contribution >= 0.6 is 11.8 Å². The van der Waals surface area contributed by atoms with Crippen LogP contribution in [0.2, 0.25) is 0 Å². The highest BCUT2D eigenvalue weighted by Crippen LogP contribution is 2.27. The molecule has 0 bridgehead atoms. The number of hydrogen-bond donors (Lipinski definition) is 2. The Kier molecular flexibility index (Phi) is 6.93. The molecule has 8 nitrogen and oxygen atoms in total. The molecule has 0 aliphatic rings. The zero-order valence-corrected chi connectivity index (χ0v) is 19.4. The highest BCUT2D eigenvalue weighted by atomic mass is 32.2. The highest BCUT2D eigenvalue weighted by molar-refractivity contribution is 7.99. The molecule has 3 aromatic carbocycles. The number of aromatic nitrogens is 2. The largest absolute Gasteiger partial charge is 0.495 e. The van der Waals surface area contributed by atoms with E-state index in [2.05, 4.69) is 15.6 Å². The third kappa shape index (κ3) is 5.10. The van der Waals surface area contributed by atoms with Gasteiger partial charge in [0.1, 0.15) is 5.75 Å². The second-order valence-electron chi connectivity index (χ2n) is 7.32. The van der Waals surface area contributed by atoms with Gasteiger partial charge in [-0.2, -0.15) is 0 Å². The van der Waals surface area contributed by atoms with E-state index in [-0.39, 0.29) is 23.1 Å². The Morgan fingerprint density at radius 3 is 2.29 bits per heavy atom. The number of benzene rings is 3. The fraction of sp³-hybridized carbons (Fsp3) is 0.120. The molecule has 0 unspecified atom stereocenters. The van der Waals surface area contributed by atoms with Gasteiger partial charge in [-0.1, -0.05) is 36.0 Å². The summed E-state index contributed by atoms with van der Waals surface area (Å²) >= 11 is 1.16. The van der Waals surface area contributed by atoms with Crippen molar-refractivity contribution in [1.82, 2.24) is 9.55 Å². The van der Waals surface area contributed by atoms with Crippen molar-refractivity contribution in [3.8, 4) is 11.4 Å². The molecule has 2 amide bonds. The van der Waals surface area contributed by atoms with Crippen LogP contribution in [0.4, 0.5) is 11.4 Å². The Labute approximate surface area is 200 Å². The Morgan fingerprint density at radius 1 is 0.941 bits per heavy atom. The van der Waals surface area contributed by atoms with Gasteiger partial charge in [-0.15, -0.1) is 0 Å². The second-order valence-corrected chi connectivity index (χ2v) is 8.26. The van der Waals surface area contributed by atoms with Gasteiger partial charge in [0.15, 0.2) is 5.16 Å². The molecule has 0 saturated carbocycles. The van der Waals surface area contributed by atoms with Gasteiger partial charge in [0.05, 0.1) is 29.5 Å². The van der Waals surface area contributed by atoms with Crippen LogP contribution in [0.5, 0.6) is 5.75 Å². The van der Waals surface area contributed by atoms with Gasteiger partial charge in [0.25, 0.3) is 5.56 Å². The van der Waals surface area contributed by atoms with E-state index in [1.807, 2.05) is 18.2 Å². The van der Waals surface area contributed by atoms with Gasteiger partial charge in [-0.3, -0.25) is 19.0 Å². The summed E-state index contributed by atoms with van der Waals surface area (Å²) in [6.07, 6.45) is 0. The second kappa shape index (κ2) is 10.2. The number of fused-ring (bicyclic) bond motifs is 1. The average Bonchev–Trinajstić information content (AvgIpc) is 2.84. The van der Waals surface area contributed by atoms with Crippen molar-refractivity contribution in [2.75, 3.05) is 23.5 Å². The molecule has 0 aliphatic carbocycles. The minimum atomic E-state index is -0.258. The molecule has 0 atom stereocenters. The lowest BCUT2D eigenvalue weighted by Crippen LogP contribution is -2.23. The molecule has 0 saturated heterocycles. The monoisotopic (exact) mass is 474 g/mol. The van der Waals surface area contributed by atoms with Gasteiger partial charge in [0, 0.05) is 18.3 Å². The number of carbonyl (C=O) groups excluding carboxylic acids is 2. The first-order valence-corrected chi connectivity index (χ1v) is 11.4. The van der Waals surface area contributed by atoms with Crippen molar-refractivity contribution in [2.45, 2.75) is 12.1 Å². The number of nitrogens with one attached hydrogen (secondary N) is 2. The zero-order chi connectivity index (χ0) is 24.1. The maximum Gasteiger partial charge on any atom is 0.266 e. The van der Waals surface area contributed by atoms with E-state index < -0.39 is 0 Å². The SMILES string of the molecule is COc1ccccc1-n1c(SCC(=O)Nc2ccc(NC(C)=O)cc2)nc2ccccc2c1=O. The molecule has 0 aliphatic heterocycles. The molecule has 2 N–H and O–H groups in total. The van der Waals surface area contributed by atoms with Gasteiger partial charge in [-0.25, -0.2) is 4.98 Å². The molecule has 34 heavy (non-hydrogen) atoms. The summed E-state index contributed by atoms with van der Waals surface area (Å²) in [5.41, 5.74) is 2.08. The highest BCUT2D eigenvalue weighted by Gasteiger charge is 2.17. The van der Waals surface area contributed by atoms with Crippen LogP contribution in [0, 0.1) is 0 Å². The van der Waals surface area contributed by atoms with Gasteiger partial charge >= 0.3 is 0 Å². The maximum atomic E-state index is 13.4. The molecule has 0 radical (unpaired) electrons. The lowest BCUT2D eigenvalue weighted by atomic mass is 10.2. The Balaban J connectivity index is 1.60. The predicted octanol–water partition coefficient (Wildman–Crippen LogP) is 4.08. The zero-order valence-electron chi connectivity index (χ0n) is 18.6. The van der Waals surface area contributed by atoms with Gasteiger partial charge in [-0.05, 0) is 48.5 Å². The Morgan fingerprint density at radius 2 is 1.59 bits per heavy atom. The summed E-state index contributed by atoms with van der Waals surface area (Å²) in [5, 5.41) is 6.34. The van der Waals surface area contributed by atoms with Crippen LogP contribution in [-0.2, 0) is 9.59 Å². The number of carbonyl (C=O) groups is 2. The van der Waals surface area contributed by atoms with Crippen molar-refractivity contribution < 1.29 is 14.3 Å². The molecular weight excluding hydrogens is 452 g/mol. The fourth-order valence-electron chi connectivity index (χ4n) is 3.40. The van der Waals surface area contributed by atoms with E-state index >= 15 is 0 Å². The normalized spacial score (nSPS) is 10.6. The van der Waals surface area contributed by atoms with Gasteiger partial charge in [0.2, 0.25) is 11.8 Å². The summed E-state index contributed by atoms with van der Waals surface area (Å²) in [7, 11) is 1.54. The molecule has 1 heterocycles. The summed E-state index contributed by atoms with van der Waals surface area (Å²) in [4.78, 5) is 41.8. The van der Waals surface area contributed by atoms with Crippen LogP contribution in [0.1, 0.15) is 6.92 Å². The minimum Gasteiger partial charge on any atom is -0.495 e. The standard InChI is InChI=1S/C25H22N4O4S/c1-16(30)26-17-11-13-18(14-12-17)27-23(31)15-34-25-28-20-8-4-3-7-19(20)24(32)29(25)21-9-5-6-10-22(21)33-2/h3-14H,15H2,1-2H3,(H,26,30)(H,27,31). The molecule has 4 aromatic rings. The first-order valence-electron chi connectivity index (χ1n) is 10.4. The average molecular weight is 475 g/mol. The molecule has 9 heteroatoms. The van der Waals surface area contributed by atoms with E-state index in [1.165, 1.54) is 18.6 Å². The quantitative estimate of drug-likeness (QED) is 0.309. The first-order chi connectivity index (χ1) is 16.5. The van der Waals surface area contributed by atoms with Crippen LogP contribution in [0.15, 0.2) is 82.7 Å². The third-order valence-corrected chi connectivity index (χ3v) is 5.83. The predicted molar refractivity (Wildman–Crippen MR) is 134 cm³/mol. The van der Waals surface area contributed by atoms with E-state index in [1.54, 1.807) is 54.6 Å². The van der Waals surface area contributed by atoms with E-state index in [9.17, 15) is 14.4 Å². The number of thioether (sulfide) groups is 1. The Bertz CT molecular complexity index is 1420. The smallest absolute Gasteiger partial charge is 0.266 e. The molecule has 172 valence electrons. The molecular formula is C25H22N4O4S. The topological polar surface area (TPSA) is 102 Å². The Hall–Kier alpha value is -4.11. The summed E-state index contributed by atoms with van der Waals surface area (Å²) in [6, 6.07) is 21.1. The number of methoxy groups -OCH3 is 1. The lowest BCUT2D eigenvalue weighted by molar-refractivity contribution is -0.114. The van der Waals surface area contributed by atoms with Crippen molar-refractivity contribution in [1.29, 1.82) is 0 Å². The molecule has 4 rings (SSSR count). The van der Waals surface area contributed by atoms with Crippen LogP contribution in [-0.4, -0.2) is 34.2 Å². The number of nitrogens with zero attached hydrogens (tertiary/aromatic N) is 2. The maximum absolute atomic E-state index is 13.4. The van der Waals surface area contributed by atoms with Crippen LogP contribution in [0.25, 0.3) is 16.6 Å². The molecule has 0 spiro atoms. The molecule has 1 aromatic heterocycles. The van der Waals surface area contributed by atoms with E-state index in [0.717, 1.165) is 11.8 Å². The number of hydrogen-bond acceptors (Lipinski definition) is 6. The number of amides is 2. The fourth-order valence-corrected chi connectivity index (χ4v) is 4.21. The number of anilines is 2. The van der Waals surface area contributed by atoms with Crippen molar-refractivity contribution in [2.24, 2.45) is 0 Å². The third-order valence-electron chi connectivity index (χ3n) is 4.89. The van der Waals surface area contributed by atoms with Crippen LogP contribution < -0.4 is 20.9 Å². The van der Waals surface area contributed by atoms with Crippen molar-refractivity contribution in [3.63, 3.8) is 0 Å². The van der Waals surface area contributed by atoms with Crippen LogP contribution in [0.3, 0.4) is 0 Å². The summed E-state index contributed by atoms with van der Waals surface area (Å²) in [6.45, 7) is 1.43. The molecule has 0 fully saturated rings. The van der Waals surface area contributed by atoms with E-state index in [0.29, 0.717) is 38.9 Å². The lowest BCUT2D eigenvalue weighted by Gasteiger charge is -2.15.